The van der Waals surface area contributed by atoms with Crippen molar-refractivity contribution < 1.29 is 40.9 Å². The summed E-state index contributed by atoms with van der Waals surface area (Å²) in [5.41, 5.74) is 2.46. The van der Waals surface area contributed by atoms with E-state index >= 15 is 0 Å². The Morgan fingerprint density at radius 1 is 0.971 bits per heavy atom. The Morgan fingerprint density at radius 3 is 2.31 bits per heavy atom. The molecule has 3 aliphatic rings. The maximum atomic E-state index is 12.9. The molecule has 1 aromatic carbocycles. The largest absolute Gasteiger partial charge is 0.508 e. The zero-order chi connectivity index (χ0) is 25.9. The predicted octanol–water partition coefficient (Wildman–Crippen LogP) is 7.49. The van der Waals surface area contributed by atoms with Gasteiger partial charge in [0, 0.05) is 6.61 Å². The highest BCUT2D eigenvalue weighted by molar-refractivity contribution is 6.24. The number of rotatable bonds is 6. The third kappa shape index (κ3) is 4.43. The van der Waals surface area contributed by atoms with Gasteiger partial charge < -0.3 is 14.6 Å². The zero-order valence-corrected chi connectivity index (χ0v) is 20.5. The summed E-state index contributed by atoms with van der Waals surface area (Å²) in [6.45, 7) is 3.72. The lowest BCUT2D eigenvalue weighted by molar-refractivity contribution is -0.345. The second kappa shape index (κ2) is 8.98. The summed E-state index contributed by atoms with van der Waals surface area (Å²) in [6, 6.07) is 5.64. The molecule has 0 unspecified atom stereocenters. The van der Waals surface area contributed by atoms with Gasteiger partial charge in [0.1, 0.15) is 5.75 Å². The molecule has 0 saturated heterocycles. The van der Waals surface area contributed by atoms with E-state index in [2.05, 4.69) is 18.6 Å². The van der Waals surface area contributed by atoms with Gasteiger partial charge in [0.05, 0.1) is 12.7 Å². The van der Waals surface area contributed by atoms with Crippen molar-refractivity contribution in [2.75, 3.05) is 13.2 Å². The standard InChI is InChI=1S/C25H31ClF6O3/c1-21-10-8-15-14-16(33)4-5-17(15)18(21)9-11-22(2)19(21)6-7-20(22)34-12-3-13-35-23(26,24(27,28)29)25(30,31)32/h4-5,14,18-20,33H,3,6-13H2,1-2H3/t18-,19+,20+,21-,22+/m1/s1. The van der Waals surface area contributed by atoms with E-state index in [1.165, 1.54) is 11.1 Å². The molecule has 198 valence electrons. The molecule has 0 amide bonds. The van der Waals surface area contributed by atoms with Gasteiger partial charge >= 0.3 is 17.4 Å². The topological polar surface area (TPSA) is 38.7 Å². The molecule has 1 aromatic rings. The van der Waals surface area contributed by atoms with Crippen LogP contribution in [0.25, 0.3) is 0 Å². The first-order valence-corrected chi connectivity index (χ1v) is 12.4. The maximum absolute atomic E-state index is 12.9. The number of phenols is 1. The second-order valence-electron chi connectivity index (χ2n) is 10.8. The number of phenolic OH excluding ortho intramolecular Hbond substituents is 1. The monoisotopic (exact) mass is 528 g/mol. The van der Waals surface area contributed by atoms with Crippen LogP contribution in [0.5, 0.6) is 5.75 Å². The van der Waals surface area contributed by atoms with E-state index in [-0.39, 0.29) is 35.7 Å². The minimum Gasteiger partial charge on any atom is -0.508 e. The first-order valence-electron chi connectivity index (χ1n) is 12.0. The molecule has 2 saturated carbocycles. The van der Waals surface area contributed by atoms with E-state index in [1.54, 1.807) is 6.07 Å². The molecule has 35 heavy (non-hydrogen) atoms. The third-order valence-electron chi connectivity index (χ3n) is 8.89. The molecule has 0 heterocycles. The van der Waals surface area contributed by atoms with Crippen LogP contribution in [0.15, 0.2) is 18.2 Å². The Kier molecular flexibility index (Phi) is 6.89. The van der Waals surface area contributed by atoms with Gasteiger partial charge in [-0.25, -0.2) is 0 Å². The van der Waals surface area contributed by atoms with Crippen LogP contribution in [0, 0.1) is 16.7 Å². The fourth-order valence-corrected chi connectivity index (χ4v) is 7.23. The van der Waals surface area contributed by atoms with Gasteiger partial charge in [-0.2, -0.15) is 26.3 Å². The number of ether oxygens (including phenoxy) is 2. The van der Waals surface area contributed by atoms with E-state index in [0.717, 1.165) is 38.5 Å². The van der Waals surface area contributed by atoms with Gasteiger partial charge in [0.25, 0.3) is 0 Å². The molecule has 0 aliphatic heterocycles. The average Bonchev–Trinajstić information content (AvgIpc) is 3.09. The maximum Gasteiger partial charge on any atom is 0.441 e. The summed E-state index contributed by atoms with van der Waals surface area (Å²) in [5, 5.41) is 5.16. The van der Waals surface area contributed by atoms with E-state index in [1.807, 2.05) is 12.1 Å². The van der Waals surface area contributed by atoms with Gasteiger partial charge in [0.15, 0.2) is 0 Å². The number of hydrogen-bond donors (Lipinski definition) is 1. The third-order valence-corrected chi connectivity index (χ3v) is 9.42. The summed E-state index contributed by atoms with van der Waals surface area (Å²) in [7, 11) is 0. The molecule has 0 spiro atoms. The molecule has 3 aliphatic carbocycles. The summed E-state index contributed by atoms with van der Waals surface area (Å²) in [5.74, 6) is 1.06. The van der Waals surface area contributed by atoms with Gasteiger partial charge in [0.2, 0.25) is 0 Å². The van der Waals surface area contributed by atoms with Crippen molar-refractivity contribution in [3.63, 3.8) is 0 Å². The number of aromatic hydroxyl groups is 1. The predicted molar refractivity (Wildman–Crippen MR) is 118 cm³/mol. The van der Waals surface area contributed by atoms with Crippen molar-refractivity contribution in [3.05, 3.63) is 29.3 Å². The number of fused-ring (bicyclic) bond motifs is 5. The van der Waals surface area contributed by atoms with Crippen LogP contribution < -0.4 is 0 Å². The lowest BCUT2D eigenvalue weighted by atomic mass is 9.48. The zero-order valence-electron chi connectivity index (χ0n) is 19.7. The van der Waals surface area contributed by atoms with Crippen LogP contribution in [0.3, 0.4) is 0 Å². The molecule has 3 nitrogen and oxygen atoms in total. The molecule has 10 heteroatoms. The van der Waals surface area contributed by atoms with Gasteiger partial charge in [-0.15, -0.1) is 0 Å². The SMILES string of the molecule is C[C@]12CC[C@@H]3c4ccc(O)cc4CC[C@@]3(C)[C@@H]1CC[C@@H]2OCCCOC(Cl)(C(F)(F)F)C(F)(F)F. The Morgan fingerprint density at radius 2 is 1.66 bits per heavy atom. The molecule has 4 rings (SSSR count). The van der Waals surface area contributed by atoms with Crippen molar-refractivity contribution in [2.45, 2.75) is 88.2 Å². The summed E-state index contributed by atoms with van der Waals surface area (Å²) >= 11 is 4.81. The van der Waals surface area contributed by atoms with Crippen molar-refractivity contribution >= 4 is 11.6 Å². The van der Waals surface area contributed by atoms with Crippen molar-refractivity contribution in [2.24, 2.45) is 16.7 Å². The minimum atomic E-state index is -5.79. The fraction of sp³-hybridized carbons (Fsp3) is 0.760. The van der Waals surface area contributed by atoms with Crippen molar-refractivity contribution in [1.29, 1.82) is 0 Å². The smallest absolute Gasteiger partial charge is 0.441 e. The van der Waals surface area contributed by atoms with Crippen molar-refractivity contribution in [3.8, 4) is 5.75 Å². The van der Waals surface area contributed by atoms with E-state index in [4.69, 9.17) is 16.3 Å². The lowest BCUT2D eigenvalue weighted by Gasteiger charge is -2.57. The van der Waals surface area contributed by atoms with Crippen LogP contribution in [-0.4, -0.2) is 41.8 Å². The summed E-state index contributed by atoms with van der Waals surface area (Å²) < 4.78 is 87.3. The van der Waals surface area contributed by atoms with Crippen LogP contribution >= 0.6 is 11.6 Å². The van der Waals surface area contributed by atoms with Crippen LogP contribution in [-0.2, 0) is 15.9 Å². The molecule has 1 N–H and O–H groups in total. The number of alkyl halides is 7. The molecule has 0 bridgehead atoms. The minimum absolute atomic E-state index is 0.00207. The second-order valence-corrected chi connectivity index (χ2v) is 11.3. The highest BCUT2D eigenvalue weighted by Gasteiger charge is 2.72. The Hall–Kier alpha value is -1.19. The number of halogens is 7. The quantitative estimate of drug-likeness (QED) is 0.236. The van der Waals surface area contributed by atoms with Gasteiger partial charge in [-0.05, 0) is 90.9 Å². The summed E-state index contributed by atoms with van der Waals surface area (Å²) in [4.78, 5) is 0. The van der Waals surface area contributed by atoms with Crippen LogP contribution in [0.1, 0.15) is 69.4 Å². The molecule has 0 radical (unpaired) electrons. The molecular weight excluding hydrogens is 498 g/mol. The number of benzene rings is 1. The van der Waals surface area contributed by atoms with Crippen LogP contribution in [0.4, 0.5) is 26.3 Å². The Labute approximate surface area is 206 Å². The van der Waals surface area contributed by atoms with Gasteiger partial charge in [-0.1, -0.05) is 31.5 Å². The Bertz CT molecular complexity index is 921. The first-order chi connectivity index (χ1) is 16.1. The van der Waals surface area contributed by atoms with E-state index < -0.39 is 24.0 Å². The normalized spacial score (nSPS) is 33.2. The Balaban J connectivity index is 1.37. The molecule has 2 fully saturated rings. The average molecular weight is 529 g/mol. The fourth-order valence-electron chi connectivity index (χ4n) is 7.16. The molecular formula is C25H31ClF6O3. The molecule has 5 atom stereocenters. The summed E-state index contributed by atoms with van der Waals surface area (Å²) in [6.07, 6.45) is -6.26. The number of aryl methyl sites for hydroxylation is 1. The highest BCUT2D eigenvalue weighted by atomic mass is 35.5. The molecule has 0 aromatic heterocycles. The van der Waals surface area contributed by atoms with E-state index in [0.29, 0.717) is 11.8 Å². The van der Waals surface area contributed by atoms with Gasteiger partial charge in [-0.3, -0.25) is 0 Å². The van der Waals surface area contributed by atoms with E-state index in [9.17, 15) is 31.4 Å². The highest BCUT2D eigenvalue weighted by Crippen LogP contribution is 2.67. The lowest BCUT2D eigenvalue weighted by Crippen LogP contribution is -2.54. The van der Waals surface area contributed by atoms with Crippen molar-refractivity contribution in [1.82, 2.24) is 0 Å². The number of hydrogen-bond acceptors (Lipinski definition) is 3. The first kappa shape index (κ1) is 26.9. The van der Waals surface area contributed by atoms with Crippen LogP contribution in [0.2, 0.25) is 0 Å².